The van der Waals surface area contributed by atoms with E-state index in [2.05, 4.69) is 11.4 Å². The van der Waals surface area contributed by atoms with E-state index >= 15 is 0 Å². The van der Waals surface area contributed by atoms with Crippen LogP contribution in [0.2, 0.25) is 0 Å². The lowest BCUT2D eigenvalue weighted by Crippen LogP contribution is -2.41. The molecular formula is C10H18N2O2S2. The van der Waals surface area contributed by atoms with Gasteiger partial charge in [0.25, 0.3) is 0 Å². The number of thiophene rings is 1. The van der Waals surface area contributed by atoms with Crippen LogP contribution >= 0.6 is 11.3 Å². The van der Waals surface area contributed by atoms with E-state index in [1.165, 1.54) is 15.4 Å². The number of nitrogens with one attached hydrogen (secondary N) is 1. The summed E-state index contributed by atoms with van der Waals surface area (Å²) in [6, 6.07) is 4.22. The third-order valence-electron chi connectivity index (χ3n) is 2.48. The first-order valence-electron chi connectivity index (χ1n) is 5.04. The third kappa shape index (κ3) is 4.21. The summed E-state index contributed by atoms with van der Waals surface area (Å²) in [6.07, 6.45) is 2.08. The summed E-state index contributed by atoms with van der Waals surface area (Å²) in [5, 5.41) is 5.17. The molecule has 1 unspecified atom stereocenters. The minimum atomic E-state index is -3.09. The molecule has 0 fully saturated rings. The molecule has 0 amide bonds. The second-order valence-electron chi connectivity index (χ2n) is 3.81. The summed E-state index contributed by atoms with van der Waals surface area (Å²) in [7, 11) is 0.371. The summed E-state index contributed by atoms with van der Waals surface area (Å²) in [4.78, 5) is 1.27. The maximum absolute atomic E-state index is 11.3. The first kappa shape index (κ1) is 13.6. The van der Waals surface area contributed by atoms with E-state index in [1.54, 1.807) is 18.4 Å². The first-order chi connectivity index (χ1) is 7.43. The van der Waals surface area contributed by atoms with Crippen LogP contribution in [0.4, 0.5) is 0 Å². The van der Waals surface area contributed by atoms with E-state index in [-0.39, 0.29) is 6.04 Å². The van der Waals surface area contributed by atoms with Gasteiger partial charge in [0.05, 0.1) is 6.26 Å². The zero-order valence-corrected chi connectivity index (χ0v) is 11.4. The van der Waals surface area contributed by atoms with Crippen molar-refractivity contribution in [1.29, 1.82) is 0 Å². The molecule has 1 heterocycles. The summed E-state index contributed by atoms with van der Waals surface area (Å²) in [6.45, 7) is 0.493. The van der Waals surface area contributed by atoms with E-state index in [1.807, 2.05) is 18.5 Å². The highest BCUT2D eigenvalue weighted by Crippen LogP contribution is 2.11. The molecule has 0 aromatic carbocycles. The largest absolute Gasteiger partial charge is 0.315 e. The number of sulfonamides is 1. The van der Waals surface area contributed by atoms with E-state index < -0.39 is 10.0 Å². The van der Waals surface area contributed by atoms with Gasteiger partial charge in [0.15, 0.2) is 0 Å². The van der Waals surface area contributed by atoms with Crippen LogP contribution in [0.25, 0.3) is 0 Å². The Morgan fingerprint density at radius 1 is 1.56 bits per heavy atom. The SMILES string of the molecule is CNC(Cc1cccs1)CN(C)S(C)(=O)=O. The molecule has 0 saturated carbocycles. The van der Waals surface area contributed by atoms with Crippen molar-refractivity contribution in [2.75, 3.05) is 26.9 Å². The minimum absolute atomic E-state index is 0.151. The van der Waals surface area contributed by atoms with Crippen LogP contribution < -0.4 is 5.32 Å². The Bertz CT molecular complexity index is 400. The first-order valence-corrected chi connectivity index (χ1v) is 7.77. The van der Waals surface area contributed by atoms with Crippen molar-refractivity contribution in [3.05, 3.63) is 22.4 Å². The van der Waals surface area contributed by atoms with Crippen LogP contribution in [0.15, 0.2) is 17.5 Å². The average Bonchev–Trinajstić information content (AvgIpc) is 2.67. The molecule has 16 heavy (non-hydrogen) atoms. The van der Waals surface area contributed by atoms with Gasteiger partial charge >= 0.3 is 0 Å². The van der Waals surface area contributed by atoms with Gasteiger partial charge in [0, 0.05) is 24.5 Å². The quantitative estimate of drug-likeness (QED) is 0.824. The van der Waals surface area contributed by atoms with Crippen molar-refractivity contribution < 1.29 is 8.42 Å². The van der Waals surface area contributed by atoms with E-state index in [0.29, 0.717) is 6.54 Å². The smallest absolute Gasteiger partial charge is 0.211 e. The van der Waals surface area contributed by atoms with E-state index in [0.717, 1.165) is 6.42 Å². The maximum atomic E-state index is 11.3. The lowest BCUT2D eigenvalue weighted by atomic mass is 10.2. The Hall–Kier alpha value is -0.430. The Morgan fingerprint density at radius 2 is 2.25 bits per heavy atom. The highest BCUT2D eigenvalue weighted by Gasteiger charge is 2.16. The standard InChI is InChI=1S/C10H18N2O2S2/c1-11-9(7-10-5-4-6-15-10)8-12(2)16(3,13)14/h4-6,9,11H,7-8H2,1-3H3. The molecule has 1 N–H and O–H groups in total. The maximum Gasteiger partial charge on any atom is 0.211 e. The Labute approximate surface area is 101 Å². The van der Waals surface area contributed by atoms with E-state index in [4.69, 9.17) is 0 Å². The van der Waals surface area contributed by atoms with Gasteiger partial charge in [-0.25, -0.2) is 12.7 Å². The highest BCUT2D eigenvalue weighted by atomic mass is 32.2. The van der Waals surface area contributed by atoms with Gasteiger partial charge < -0.3 is 5.32 Å². The number of likely N-dealkylation sites (N-methyl/N-ethyl adjacent to an activating group) is 2. The van der Waals surface area contributed by atoms with Crippen molar-refractivity contribution in [3.8, 4) is 0 Å². The monoisotopic (exact) mass is 262 g/mol. The molecule has 0 aliphatic heterocycles. The average molecular weight is 262 g/mol. The molecule has 0 aliphatic rings. The molecule has 0 spiro atoms. The summed E-state index contributed by atoms with van der Waals surface area (Å²) in [5.74, 6) is 0. The molecule has 0 aliphatic carbocycles. The molecule has 1 aromatic rings. The van der Waals surface area contributed by atoms with Crippen LogP contribution in [-0.2, 0) is 16.4 Å². The molecule has 4 nitrogen and oxygen atoms in total. The van der Waals surface area contributed by atoms with Gasteiger partial charge in [0.2, 0.25) is 10.0 Å². The highest BCUT2D eigenvalue weighted by molar-refractivity contribution is 7.88. The Morgan fingerprint density at radius 3 is 2.69 bits per heavy atom. The summed E-state index contributed by atoms with van der Waals surface area (Å²) < 4.78 is 23.9. The van der Waals surface area contributed by atoms with Gasteiger partial charge in [-0.05, 0) is 24.9 Å². The molecule has 6 heteroatoms. The lowest BCUT2D eigenvalue weighted by molar-refractivity contribution is 0.408. The molecule has 92 valence electrons. The van der Waals surface area contributed by atoms with E-state index in [9.17, 15) is 8.42 Å². The van der Waals surface area contributed by atoms with Crippen LogP contribution in [0.3, 0.4) is 0 Å². The van der Waals surface area contributed by atoms with Crippen LogP contribution in [0.1, 0.15) is 4.88 Å². The summed E-state index contributed by atoms with van der Waals surface area (Å²) in [5.41, 5.74) is 0. The zero-order valence-electron chi connectivity index (χ0n) is 9.80. The van der Waals surface area contributed by atoms with Crippen molar-refractivity contribution in [3.63, 3.8) is 0 Å². The Balaban J connectivity index is 2.56. The van der Waals surface area contributed by atoms with Crippen molar-refractivity contribution >= 4 is 21.4 Å². The van der Waals surface area contributed by atoms with Crippen molar-refractivity contribution in [1.82, 2.24) is 9.62 Å². The van der Waals surface area contributed by atoms with Gasteiger partial charge in [0.1, 0.15) is 0 Å². The predicted molar refractivity (Wildman–Crippen MR) is 68.3 cm³/mol. The second-order valence-corrected chi connectivity index (χ2v) is 6.93. The van der Waals surface area contributed by atoms with Gasteiger partial charge in [-0.3, -0.25) is 0 Å². The van der Waals surface area contributed by atoms with Gasteiger partial charge in [-0.1, -0.05) is 6.07 Å². The Kier molecular flexibility index (Phi) is 4.91. The number of nitrogens with zero attached hydrogens (tertiary/aromatic N) is 1. The number of hydrogen-bond donors (Lipinski definition) is 1. The molecule has 0 bridgehead atoms. The molecule has 0 saturated heterocycles. The zero-order chi connectivity index (χ0) is 12.2. The molecule has 1 aromatic heterocycles. The molecule has 0 radical (unpaired) electrons. The van der Waals surface area contributed by atoms with Gasteiger partial charge in [-0.15, -0.1) is 11.3 Å². The van der Waals surface area contributed by atoms with Crippen LogP contribution in [0, 0.1) is 0 Å². The van der Waals surface area contributed by atoms with Crippen molar-refractivity contribution in [2.45, 2.75) is 12.5 Å². The van der Waals surface area contributed by atoms with Crippen molar-refractivity contribution in [2.24, 2.45) is 0 Å². The van der Waals surface area contributed by atoms with Crippen LogP contribution in [0.5, 0.6) is 0 Å². The fourth-order valence-corrected chi connectivity index (χ4v) is 2.61. The van der Waals surface area contributed by atoms with Gasteiger partial charge in [-0.2, -0.15) is 0 Å². The molecular weight excluding hydrogens is 244 g/mol. The lowest BCUT2D eigenvalue weighted by Gasteiger charge is -2.21. The predicted octanol–water partition coefficient (Wildman–Crippen LogP) is 0.770. The normalized spacial score (nSPS) is 14.2. The second kappa shape index (κ2) is 5.77. The fraction of sp³-hybridized carbons (Fsp3) is 0.600. The third-order valence-corrected chi connectivity index (χ3v) is 4.66. The number of rotatable bonds is 6. The minimum Gasteiger partial charge on any atom is -0.315 e. The molecule has 1 rings (SSSR count). The topological polar surface area (TPSA) is 49.4 Å². The summed E-state index contributed by atoms with van der Waals surface area (Å²) >= 11 is 1.69. The fourth-order valence-electron chi connectivity index (χ4n) is 1.38. The number of hydrogen-bond acceptors (Lipinski definition) is 4. The van der Waals surface area contributed by atoms with Crippen LogP contribution in [-0.4, -0.2) is 45.7 Å². The molecule has 1 atom stereocenters.